The first-order valence-corrected chi connectivity index (χ1v) is 6.56. The molecule has 0 aromatic heterocycles. The molecule has 0 amide bonds. The van der Waals surface area contributed by atoms with Crippen LogP contribution in [0.4, 0.5) is 5.69 Å². The van der Waals surface area contributed by atoms with Gasteiger partial charge in [0.1, 0.15) is 11.9 Å². The van der Waals surface area contributed by atoms with Crippen LogP contribution in [0.1, 0.15) is 13.3 Å². The number of ether oxygens (including phenoxy) is 1. The van der Waals surface area contributed by atoms with Crippen molar-refractivity contribution in [2.75, 3.05) is 31.2 Å². The summed E-state index contributed by atoms with van der Waals surface area (Å²) in [7, 11) is 0. The summed E-state index contributed by atoms with van der Waals surface area (Å²) >= 11 is 0. The highest BCUT2D eigenvalue weighted by Crippen LogP contribution is 2.22. The summed E-state index contributed by atoms with van der Waals surface area (Å²) in [5.41, 5.74) is 0.749. The molecule has 0 bridgehead atoms. The van der Waals surface area contributed by atoms with Crippen LogP contribution in [-0.2, 0) is 4.79 Å². The van der Waals surface area contributed by atoms with E-state index in [4.69, 9.17) is 14.9 Å². The molecule has 1 aromatic rings. The van der Waals surface area contributed by atoms with Crippen molar-refractivity contribution < 1.29 is 24.9 Å². The maximum Gasteiger partial charge on any atom is 0.138 e. The van der Waals surface area contributed by atoms with E-state index < -0.39 is 12.1 Å². The van der Waals surface area contributed by atoms with Gasteiger partial charge in [0.15, 0.2) is 0 Å². The number of carboxylic acid groups (broad SMARTS) is 1. The lowest BCUT2D eigenvalue weighted by Gasteiger charge is -2.24. The number of benzene rings is 1. The molecule has 0 saturated carbocycles. The summed E-state index contributed by atoms with van der Waals surface area (Å²) in [6.45, 7) is 2.38. The van der Waals surface area contributed by atoms with Crippen molar-refractivity contribution in [3.05, 3.63) is 24.3 Å². The number of anilines is 1. The highest BCUT2D eigenvalue weighted by molar-refractivity contribution is 5.70. The Morgan fingerprint density at radius 1 is 1.35 bits per heavy atom. The van der Waals surface area contributed by atoms with Crippen LogP contribution in [0.3, 0.4) is 0 Å². The van der Waals surface area contributed by atoms with E-state index >= 15 is 0 Å². The summed E-state index contributed by atoms with van der Waals surface area (Å²) in [6, 6.07) is 6.87. The van der Waals surface area contributed by atoms with Crippen molar-refractivity contribution in [2.45, 2.75) is 19.4 Å². The molecule has 1 aromatic carbocycles. The predicted octanol–water partition coefficient (Wildman–Crippen LogP) is -0.615. The Bertz CT molecular complexity index is 418. The number of carboxylic acids is 1. The Morgan fingerprint density at radius 2 is 2.00 bits per heavy atom. The van der Waals surface area contributed by atoms with Gasteiger partial charge in [0, 0.05) is 24.8 Å². The van der Waals surface area contributed by atoms with Gasteiger partial charge in [-0.05, 0) is 18.6 Å². The summed E-state index contributed by atoms with van der Waals surface area (Å²) < 4.78 is 5.36. The minimum Gasteiger partial charge on any atom is -0.546 e. The Kier molecular flexibility index (Phi) is 6.83. The highest BCUT2D eigenvalue weighted by Gasteiger charge is 2.11. The van der Waals surface area contributed by atoms with Crippen molar-refractivity contribution in [3.8, 4) is 5.75 Å². The zero-order valence-electron chi connectivity index (χ0n) is 11.5. The van der Waals surface area contributed by atoms with Crippen LogP contribution in [0.5, 0.6) is 5.75 Å². The fourth-order valence-corrected chi connectivity index (χ4v) is 1.83. The van der Waals surface area contributed by atoms with Crippen LogP contribution in [0, 0.1) is 0 Å². The van der Waals surface area contributed by atoms with Crippen molar-refractivity contribution in [1.29, 1.82) is 0 Å². The first-order chi connectivity index (χ1) is 9.62. The van der Waals surface area contributed by atoms with Gasteiger partial charge in [0.05, 0.1) is 19.2 Å². The SMILES string of the molecule is CCC(Oc1cccc(N(CCO)CCO)c1)C(=O)[O-]. The summed E-state index contributed by atoms with van der Waals surface area (Å²) in [4.78, 5) is 12.6. The molecule has 0 saturated heterocycles. The first-order valence-electron chi connectivity index (χ1n) is 6.56. The average molecular weight is 282 g/mol. The third-order valence-corrected chi connectivity index (χ3v) is 2.83. The molecular formula is C14H20NO5-. The van der Waals surface area contributed by atoms with Gasteiger partial charge in [0.25, 0.3) is 0 Å². The fraction of sp³-hybridized carbons (Fsp3) is 0.500. The smallest absolute Gasteiger partial charge is 0.138 e. The molecule has 1 unspecified atom stereocenters. The van der Waals surface area contributed by atoms with Crippen LogP contribution in [0.25, 0.3) is 0 Å². The maximum atomic E-state index is 10.8. The van der Waals surface area contributed by atoms with Crippen LogP contribution >= 0.6 is 0 Å². The molecule has 0 radical (unpaired) electrons. The van der Waals surface area contributed by atoms with Crippen molar-refractivity contribution in [1.82, 2.24) is 0 Å². The number of carbonyl (C=O) groups excluding carboxylic acids is 1. The van der Waals surface area contributed by atoms with E-state index in [-0.39, 0.29) is 13.2 Å². The molecule has 0 spiro atoms. The molecule has 0 heterocycles. The lowest BCUT2D eigenvalue weighted by Crippen LogP contribution is -2.39. The van der Waals surface area contributed by atoms with Crippen LogP contribution < -0.4 is 14.7 Å². The minimum atomic E-state index is -1.25. The maximum absolute atomic E-state index is 10.8. The van der Waals surface area contributed by atoms with Crippen LogP contribution in [-0.4, -0.2) is 48.6 Å². The molecule has 1 atom stereocenters. The lowest BCUT2D eigenvalue weighted by molar-refractivity contribution is -0.313. The standard InChI is InChI=1S/C14H21NO5/c1-2-13(14(18)19)20-12-5-3-4-11(10-12)15(6-8-16)7-9-17/h3-5,10,13,16-17H,2,6-9H2,1H3,(H,18,19)/p-1. The molecule has 2 N–H and O–H groups in total. The molecule has 0 aliphatic heterocycles. The Labute approximate surface area is 118 Å². The second-order valence-corrected chi connectivity index (χ2v) is 4.27. The van der Waals surface area contributed by atoms with Crippen molar-refractivity contribution in [2.24, 2.45) is 0 Å². The second kappa shape index (κ2) is 8.39. The summed E-state index contributed by atoms with van der Waals surface area (Å²) in [5, 5.41) is 28.9. The van der Waals surface area contributed by atoms with E-state index in [1.165, 1.54) is 0 Å². The van der Waals surface area contributed by atoms with Gasteiger partial charge >= 0.3 is 0 Å². The predicted molar refractivity (Wildman–Crippen MR) is 72.5 cm³/mol. The van der Waals surface area contributed by atoms with Gasteiger partial charge in [-0.3, -0.25) is 0 Å². The topological polar surface area (TPSA) is 93.1 Å². The third-order valence-electron chi connectivity index (χ3n) is 2.83. The largest absolute Gasteiger partial charge is 0.546 e. The normalized spacial score (nSPS) is 11.9. The molecule has 1 rings (SSSR count). The quantitative estimate of drug-likeness (QED) is 0.627. The molecule has 0 fully saturated rings. The zero-order chi connectivity index (χ0) is 15.0. The van der Waals surface area contributed by atoms with Crippen LogP contribution in [0.2, 0.25) is 0 Å². The number of aliphatic carboxylic acids is 1. The second-order valence-electron chi connectivity index (χ2n) is 4.27. The van der Waals surface area contributed by atoms with E-state index in [0.29, 0.717) is 25.3 Å². The van der Waals surface area contributed by atoms with Gasteiger partial charge < -0.3 is 29.8 Å². The third kappa shape index (κ3) is 4.71. The number of carbonyl (C=O) groups is 1. The van der Waals surface area contributed by atoms with Gasteiger partial charge in [-0.25, -0.2) is 0 Å². The van der Waals surface area contributed by atoms with E-state index in [0.717, 1.165) is 5.69 Å². The van der Waals surface area contributed by atoms with Gasteiger partial charge in [0.2, 0.25) is 0 Å². The monoisotopic (exact) mass is 282 g/mol. The highest BCUT2D eigenvalue weighted by atomic mass is 16.5. The molecule has 20 heavy (non-hydrogen) atoms. The van der Waals surface area contributed by atoms with E-state index in [2.05, 4.69) is 0 Å². The number of hydrogen-bond donors (Lipinski definition) is 2. The molecule has 0 aliphatic carbocycles. The Balaban J connectivity index is 2.85. The van der Waals surface area contributed by atoms with Crippen LogP contribution in [0.15, 0.2) is 24.3 Å². The molecular weight excluding hydrogens is 262 g/mol. The molecule has 6 nitrogen and oxygen atoms in total. The number of rotatable bonds is 9. The number of nitrogens with zero attached hydrogens (tertiary/aromatic N) is 1. The average Bonchev–Trinajstić information content (AvgIpc) is 2.44. The summed E-state index contributed by atoms with van der Waals surface area (Å²) in [6.07, 6.45) is -0.682. The minimum absolute atomic E-state index is 0.0400. The van der Waals surface area contributed by atoms with Crippen molar-refractivity contribution >= 4 is 11.7 Å². The molecule has 6 heteroatoms. The molecule has 0 aliphatic rings. The molecule has 112 valence electrons. The zero-order valence-corrected chi connectivity index (χ0v) is 11.5. The van der Waals surface area contributed by atoms with Gasteiger partial charge in [-0.15, -0.1) is 0 Å². The van der Waals surface area contributed by atoms with E-state index in [9.17, 15) is 9.90 Å². The number of aliphatic hydroxyl groups is 2. The van der Waals surface area contributed by atoms with E-state index in [1.807, 2.05) is 0 Å². The van der Waals surface area contributed by atoms with Gasteiger partial charge in [-0.2, -0.15) is 0 Å². The number of aliphatic hydroxyl groups excluding tert-OH is 2. The van der Waals surface area contributed by atoms with E-state index in [1.54, 1.807) is 36.1 Å². The Hall–Kier alpha value is -1.79. The number of hydrogen-bond acceptors (Lipinski definition) is 6. The fourth-order valence-electron chi connectivity index (χ4n) is 1.83. The Morgan fingerprint density at radius 3 is 2.50 bits per heavy atom. The lowest BCUT2D eigenvalue weighted by atomic mass is 10.2. The van der Waals surface area contributed by atoms with Gasteiger partial charge in [-0.1, -0.05) is 13.0 Å². The first kappa shape index (κ1) is 16.3. The summed E-state index contributed by atoms with van der Waals surface area (Å²) in [5.74, 6) is -0.833. The van der Waals surface area contributed by atoms with Crippen molar-refractivity contribution in [3.63, 3.8) is 0 Å².